The molecule has 1 aliphatic heterocycles. The van der Waals surface area contributed by atoms with Crippen molar-refractivity contribution in [2.75, 3.05) is 44.2 Å². The Morgan fingerprint density at radius 3 is 2.67 bits per heavy atom. The fraction of sp³-hybridized carbons (Fsp3) is 0.609. The number of nitrogens with zero attached hydrogens (tertiary/aromatic N) is 4. The van der Waals surface area contributed by atoms with Gasteiger partial charge in [-0.15, -0.1) is 0 Å². The molecule has 0 radical (unpaired) electrons. The Kier molecular flexibility index (Phi) is 8.63. The molecule has 164 valence electrons. The van der Waals surface area contributed by atoms with Gasteiger partial charge in [-0.1, -0.05) is 43.7 Å². The lowest BCUT2D eigenvalue weighted by molar-refractivity contribution is -0.120. The highest BCUT2D eigenvalue weighted by Gasteiger charge is 2.16. The molecule has 1 fully saturated rings. The first kappa shape index (κ1) is 22.7. The minimum absolute atomic E-state index is 0.118. The van der Waals surface area contributed by atoms with E-state index in [9.17, 15) is 4.79 Å². The molecule has 6 nitrogen and oxygen atoms in total. The van der Waals surface area contributed by atoms with Crippen LogP contribution in [0.4, 0.5) is 5.13 Å². The standard InChI is InChI=1S/C23H35N5OS/c1-18(2)17-28(14-10-22(29)24-11-15-27-12-4-5-13-27)23-25-21(26-30-23)16-20-8-6-19(3)7-9-20/h6-9,18H,4-5,10-17H2,1-3H3,(H,24,29). The van der Waals surface area contributed by atoms with E-state index < -0.39 is 0 Å². The predicted molar refractivity (Wildman–Crippen MR) is 124 cm³/mol. The molecular formula is C23H35N5OS. The Bertz CT molecular complexity index is 783. The van der Waals surface area contributed by atoms with Crippen molar-refractivity contribution in [3.05, 3.63) is 41.2 Å². The van der Waals surface area contributed by atoms with Gasteiger partial charge in [-0.05, 0) is 44.3 Å². The van der Waals surface area contributed by atoms with E-state index in [0.29, 0.717) is 18.9 Å². The summed E-state index contributed by atoms with van der Waals surface area (Å²) in [5.41, 5.74) is 2.48. The van der Waals surface area contributed by atoms with Gasteiger partial charge in [0.25, 0.3) is 0 Å². The van der Waals surface area contributed by atoms with Crippen LogP contribution in [0.5, 0.6) is 0 Å². The first-order chi connectivity index (χ1) is 14.5. The highest BCUT2D eigenvalue weighted by Crippen LogP contribution is 2.21. The number of aromatic nitrogens is 2. The fourth-order valence-corrected chi connectivity index (χ4v) is 4.44. The van der Waals surface area contributed by atoms with Crippen molar-refractivity contribution in [3.8, 4) is 0 Å². The Morgan fingerprint density at radius 2 is 1.97 bits per heavy atom. The predicted octanol–water partition coefficient (Wildman–Crippen LogP) is 3.50. The first-order valence-electron chi connectivity index (χ1n) is 11.1. The topological polar surface area (TPSA) is 61.4 Å². The van der Waals surface area contributed by atoms with Gasteiger partial charge >= 0.3 is 0 Å². The molecule has 3 rings (SSSR count). The van der Waals surface area contributed by atoms with Gasteiger partial charge in [0.2, 0.25) is 11.0 Å². The molecule has 0 saturated carbocycles. The van der Waals surface area contributed by atoms with E-state index in [2.05, 4.69) is 64.5 Å². The van der Waals surface area contributed by atoms with Crippen LogP contribution in [-0.4, -0.2) is 59.4 Å². The van der Waals surface area contributed by atoms with Crippen molar-refractivity contribution < 1.29 is 4.79 Å². The molecule has 1 aromatic carbocycles. The van der Waals surface area contributed by atoms with Gasteiger partial charge in [0.1, 0.15) is 5.82 Å². The summed E-state index contributed by atoms with van der Waals surface area (Å²) in [6.45, 7) is 12.1. The Morgan fingerprint density at radius 1 is 1.23 bits per heavy atom. The number of carbonyl (C=O) groups is 1. The summed E-state index contributed by atoms with van der Waals surface area (Å²) in [7, 11) is 0. The average Bonchev–Trinajstić information content (AvgIpc) is 3.39. The van der Waals surface area contributed by atoms with Crippen molar-refractivity contribution in [2.24, 2.45) is 5.92 Å². The summed E-state index contributed by atoms with van der Waals surface area (Å²) >= 11 is 1.43. The van der Waals surface area contributed by atoms with E-state index >= 15 is 0 Å². The smallest absolute Gasteiger partial charge is 0.221 e. The van der Waals surface area contributed by atoms with Crippen molar-refractivity contribution in [1.29, 1.82) is 0 Å². The lowest BCUT2D eigenvalue weighted by Gasteiger charge is -2.23. The normalized spacial score (nSPS) is 14.4. The van der Waals surface area contributed by atoms with E-state index in [1.54, 1.807) is 0 Å². The van der Waals surface area contributed by atoms with Crippen molar-refractivity contribution in [3.63, 3.8) is 0 Å². The van der Waals surface area contributed by atoms with Crippen molar-refractivity contribution in [1.82, 2.24) is 19.6 Å². The molecule has 1 saturated heterocycles. The number of hydrogen-bond acceptors (Lipinski definition) is 6. The van der Waals surface area contributed by atoms with Crippen LogP contribution in [0.3, 0.4) is 0 Å². The van der Waals surface area contributed by atoms with Gasteiger partial charge < -0.3 is 15.1 Å². The monoisotopic (exact) mass is 429 g/mol. The molecule has 0 atom stereocenters. The zero-order chi connectivity index (χ0) is 21.3. The van der Waals surface area contributed by atoms with E-state index in [1.165, 1.54) is 48.6 Å². The molecule has 1 amide bonds. The largest absolute Gasteiger partial charge is 0.355 e. The fourth-order valence-electron chi connectivity index (χ4n) is 3.72. The summed E-state index contributed by atoms with van der Waals surface area (Å²) in [6.07, 6.45) is 3.79. The van der Waals surface area contributed by atoms with Crippen LogP contribution in [0.25, 0.3) is 0 Å². The highest BCUT2D eigenvalue weighted by molar-refractivity contribution is 7.09. The lowest BCUT2D eigenvalue weighted by atomic mass is 10.1. The second-order valence-electron chi connectivity index (χ2n) is 8.64. The summed E-state index contributed by atoms with van der Waals surface area (Å²) in [6, 6.07) is 8.51. The van der Waals surface area contributed by atoms with Crippen LogP contribution in [0.2, 0.25) is 0 Å². The van der Waals surface area contributed by atoms with Gasteiger partial charge in [-0.3, -0.25) is 4.79 Å². The van der Waals surface area contributed by atoms with Gasteiger partial charge in [-0.25, -0.2) is 4.98 Å². The summed E-state index contributed by atoms with van der Waals surface area (Å²) in [5.74, 6) is 1.46. The van der Waals surface area contributed by atoms with E-state index in [1.807, 2.05) is 0 Å². The second kappa shape index (κ2) is 11.4. The minimum Gasteiger partial charge on any atom is -0.355 e. The zero-order valence-electron chi connectivity index (χ0n) is 18.6. The minimum atomic E-state index is 0.118. The third-order valence-corrected chi connectivity index (χ3v) is 6.17. The number of aryl methyl sites for hydroxylation is 1. The summed E-state index contributed by atoms with van der Waals surface area (Å²) in [5, 5.41) is 3.98. The molecule has 30 heavy (non-hydrogen) atoms. The van der Waals surface area contributed by atoms with Crippen LogP contribution >= 0.6 is 11.5 Å². The molecule has 1 aromatic heterocycles. The summed E-state index contributed by atoms with van der Waals surface area (Å²) < 4.78 is 4.57. The third-order valence-electron chi connectivity index (χ3n) is 5.35. The van der Waals surface area contributed by atoms with Crippen LogP contribution in [0.1, 0.15) is 50.1 Å². The van der Waals surface area contributed by atoms with Crippen LogP contribution in [0.15, 0.2) is 24.3 Å². The Labute approximate surface area is 184 Å². The Hall–Kier alpha value is -1.99. The zero-order valence-corrected chi connectivity index (χ0v) is 19.4. The molecule has 0 bridgehead atoms. The molecule has 0 aliphatic carbocycles. The van der Waals surface area contributed by atoms with Crippen LogP contribution in [-0.2, 0) is 11.2 Å². The number of rotatable bonds is 11. The van der Waals surface area contributed by atoms with Crippen LogP contribution < -0.4 is 10.2 Å². The maximum atomic E-state index is 12.3. The highest BCUT2D eigenvalue weighted by atomic mass is 32.1. The molecule has 0 unspecified atom stereocenters. The quantitative estimate of drug-likeness (QED) is 0.592. The first-order valence-corrected chi connectivity index (χ1v) is 11.9. The lowest BCUT2D eigenvalue weighted by Crippen LogP contribution is -2.36. The number of benzene rings is 1. The van der Waals surface area contributed by atoms with Gasteiger partial charge in [0.15, 0.2) is 0 Å². The maximum absolute atomic E-state index is 12.3. The van der Waals surface area contributed by atoms with E-state index in [0.717, 1.165) is 37.0 Å². The number of carbonyl (C=O) groups excluding carboxylic acids is 1. The molecule has 2 heterocycles. The molecule has 7 heteroatoms. The van der Waals surface area contributed by atoms with E-state index in [-0.39, 0.29) is 5.91 Å². The number of hydrogen-bond donors (Lipinski definition) is 1. The third kappa shape index (κ3) is 7.36. The van der Waals surface area contributed by atoms with Crippen molar-refractivity contribution in [2.45, 2.75) is 46.5 Å². The second-order valence-corrected chi connectivity index (χ2v) is 9.37. The number of likely N-dealkylation sites (tertiary alicyclic amines) is 1. The van der Waals surface area contributed by atoms with Crippen LogP contribution in [0, 0.1) is 12.8 Å². The summed E-state index contributed by atoms with van der Waals surface area (Å²) in [4.78, 5) is 21.7. The maximum Gasteiger partial charge on any atom is 0.221 e. The molecule has 1 aliphatic rings. The number of anilines is 1. The van der Waals surface area contributed by atoms with Gasteiger partial charge in [-0.2, -0.15) is 4.37 Å². The van der Waals surface area contributed by atoms with Gasteiger partial charge in [0, 0.05) is 50.6 Å². The van der Waals surface area contributed by atoms with E-state index in [4.69, 9.17) is 4.98 Å². The Balaban J connectivity index is 1.50. The van der Waals surface area contributed by atoms with Crippen molar-refractivity contribution >= 4 is 22.6 Å². The molecular weight excluding hydrogens is 394 g/mol. The molecule has 0 spiro atoms. The molecule has 2 aromatic rings. The van der Waals surface area contributed by atoms with Gasteiger partial charge in [0.05, 0.1) is 0 Å². The average molecular weight is 430 g/mol. The number of amides is 1. The molecule has 1 N–H and O–H groups in total. The SMILES string of the molecule is Cc1ccc(Cc2nsc(N(CCC(=O)NCCN3CCCC3)CC(C)C)n2)cc1. The number of nitrogens with one attached hydrogen (secondary N) is 1.